The molecular formula is C48H26N10O2. The van der Waals surface area contributed by atoms with Crippen LogP contribution in [0, 0.1) is 0 Å². The molecule has 4 aliphatic heterocycles. The summed E-state index contributed by atoms with van der Waals surface area (Å²) in [6, 6.07) is 43.1. The lowest BCUT2D eigenvalue weighted by Crippen LogP contribution is -1.99. The van der Waals surface area contributed by atoms with Crippen LogP contribution in [0.15, 0.2) is 168 Å². The van der Waals surface area contributed by atoms with Crippen LogP contribution in [0.4, 0.5) is 0 Å². The average Bonchev–Trinajstić information content (AvgIpc) is 4.14. The van der Waals surface area contributed by atoms with Gasteiger partial charge in [0.25, 0.3) is 0 Å². The van der Waals surface area contributed by atoms with Crippen LogP contribution < -0.4 is 0 Å². The van der Waals surface area contributed by atoms with Gasteiger partial charge in [0.15, 0.2) is 11.2 Å². The summed E-state index contributed by atoms with van der Waals surface area (Å²) in [7, 11) is 0. The molecule has 0 fully saturated rings. The van der Waals surface area contributed by atoms with Gasteiger partial charge in [-0.15, -0.1) is 0 Å². The highest BCUT2D eigenvalue weighted by atomic mass is 16.4. The van der Waals surface area contributed by atoms with E-state index in [4.69, 9.17) is 28.8 Å². The highest BCUT2D eigenvalue weighted by molar-refractivity contribution is 6.08. The predicted molar refractivity (Wildman–Crippen MR) is 232 cm³/mol. The summed E-state index contributed by atoms with van der Waals surface area (Å²) in [4.78, 5) is 20.0. The highest BCUT2D eigenvalue weighted by Crippen LogP contribution is 2.37. The van der Waals surface area contributed by atoms with Gasteiger partial charge in [-0.05, 0) is 97.1 Å². The molecule has 0 radical (unpaired) electrons. The smallest absolute Gasteiger partial charge is 0.307 e. The van der Waals surface area contributed by atoms with Crippen LogP contribution in [0.5, 0.6) is 0 Å². The number of nitrogens with zero attached hydrogens (tertiary/aromatic N) is 10. The van der Waals surface area contributed by atoms with Gasteiger partial charge < -0.3 is 18.0 Å². The molecule has 14 aromatic rings. The zero-order valence-corrected chi connectivity index (χ0v) is 31.3. The maximum Gasteiger partial charge on any atom is 0.307 e. The molecule has 60 heavy (non-hydrogen) atoms. The molecular weight excluding hydrogens is 749 g/mol. The number of oxazole rings is 2. The number of hydrogen-bond acceptors (Lipinski definition) is 6. The van der Waals surface area contributed by atoms with E-state index < -0.39 is 0 Å². The Bertz CT molecular complexity index is 3860. The first-order chi connectivity index (χ1) is 29.7. The molecule has 0 unspecified atom stereocenters. The van der Waals surface area contributed by atoms with Crippen LogP contribution in [-0.2, 0) is 0 Å². The molecule has 0 N–H and O–H groups in total. The van der Waals surface area contributed by atoms with Gasteiger partial charge in [0.05, 0.1) is 33.1 Å². The summed E-state index contributed by atoms with van der Waals surface area (Å²) in [5.74, 6) is 0. The van der Waals surface area contributed by atoms with Crippen LogP contribution in [-0.4, -0.2) is 47.3 Å². The number of benzene rings is 6. The zero-order chi connectivity index (χ0) is 38.8. The maximum absolute atomic E-state index is 6.59. The minimum atomic E-state index is 0.446. The van der Waals surface area contributed by atoms with Crippen molar-refractivity contribution >= 4 is 87.9 Å². The Morgan fingerprint density at radius 3 is 1.07 bits per heavy atom. The van der Waals surface area contributed by atoms with E-state index in [1.807, 2.05) is 58.4 Å². The van der Waals surface area contributed by atoms with E-state index in [9.17, 15) is 0 Å². The molecule has 6 aromatic carbocycles. The Hall–Kier alpha value is -8.64. The maximum atomic E-state index is 6.59. The van der Waals surface area contributed by atoms with Gasteiger partial charge >= 0.3 is 12.0 Å². The Balaban J connectivity index is 1.03. The summed E-state index contributed by atoms with van der Waals surface area (Å²) >= 11 is 0. The monoisotopic (exact) mass is 774 g/mol. The van der Waals surface area contributed by atoms with E-state index >= 15 is 0 Å². The summed E-state index contributed by atoms with van der Waals surface area (Å²) in [6.45, 7) is 0. The second-order valence-electron chi connectivity index (χ2n) is 15.4. The topological polar surface area (TPSA) is 107 Å². The van der Waals surface area contributed by atoms with Crippen molar-refractivity contribution in [1.29, 1.82) is 0 Å². The zero-order valence-electron chi connectivity index (χ0n) is 31.3. The second kappa shape index (κ2) is 10.6. The van der Waals surface area contributed by atoms with E-state index in [-0.39, 0.29) is 0 Å². The number of rotatable bonds is 0. The van der Waals surface area contributed by atoms with Crippen molar-refractivity contribution in [3.63, 3.8) is 0 Å². The van der Waals surface area contributed by atoms with E-state index in [1.165, 1.54) is 0 Å². The van der Waals surface area contributed by atoms with Crippen molar-refractivity contribution in [3.05, 3.63) is 159 Å². The minimum absolute atomic E-state index is 0.446. The molecule has 8 aromatic heterocycles. The summed E-state index contributed by atoms with van der Waals surface area (Å²) in [5, 5.41) is 4.36. The van der Waals surface area contributed by atoms with Crippen molar-refractivity contribution in [2.24, 2.45) is 0 Å². The predicted octanol–water partition coefficient (Wildman–Crippen LogP) is 10.7. The minimum Gasteiger partial charge on any atom is -0.423 e. The van der Waals surface area contributed by atoms with E-state index in [1.54, 1.807) is 0 Å². The van der Waals surface area contributed by atoms with Gasteiger partial charge in [-0.25, -0.2) is 9.97 Å². The Morgan fingerprint density at radius 1 is 0.317 bits per heavy atom. The van der Waals surface area contributed by atoms with Crippen molar-refractivity contribution in [1.82, 2.24) is 47.3 Å². The third-order valence-corrected chi connectivity index (χ3v) is 12.3. The van der Waals surface area contributed by atoms with Gasteiger partial charge in [-0.3, -0.25) is 18.3 Å². The third kappa shape index (κ3) is 3.84. The van der Waals surface area contributed by atoms with Gasteiger partial charge in [-0.2, -0.15) is 9.97 Å². The van der Waals surface area contributed by atoms with Crippen molar-refractivity contribution in [2.75, 3.05) is 0 Å². The van der Waals surface area contributed by atoms with Crippen LogP contribution in [0.1, 0.15) is 0 Å². The first-order valence-corrected chi connectivity index (χ1v) is 19.7. The van der Waals surface area contributed by atoms with Crippen LogP contribution in [0.2, 0.25) is 0 Å². The first-order valence-electron chi connectivity index (χ1n) is 19.7. The summed E-state index contributed by atoms with van der Waals surface area (Å²) in [5.41, 5.74) is 14.3. The molecule has 0 aliphatic carbocycles. The van der Waals surface area contributed by atoms with Crippen LogP contribution >= 0.6 is 0 Å². The lowest BCUT2D eigenvalue weighted by Gasteiger charge is -2.13. The first kappa shape index (κ1) is 30.5. The molecule has 0 amide bonds. The van der Waals surface area contributed by atoms with Gasteiger partial charge in [0.2, 0.25) is 0 Å². The largest absolute Gasteiger partial charge is 0.423 e. The fourth-order valence-corrected chi connectivity index (χ4v) is 9.54. The molecule has 0 atom stereocenters. The van der Waals surface area contributed by atoms with E-state index in [0.29, 0.717) is 23.2 Å². The summed E-state index contributed by atoms with van der Waals surface area (Å²) in [6.07, 6.45) is 12.0. The quantitative estimate of drug-likeness (QED) is 0.152. The van der Waals surface area contributed by atoms with Gasteiger partial charge in [0, 0.05) is 69.1 Å². The Labute approximate surface area is 336 Å². The normalized spacial score (nSPS) is 12.7. The molecule has 0 spiro atoms. The Kier molecular flexibility index (Phi) is 5.41. The molecule has 4 aliphatic rings. The van der Waals surface area contributed by atoms with Crippen molar-refractivity contribution < 1.29 is 8.83 Å². The Morgan fingerprint density at radius 2 is 0.667 bits per heavy atom. The molecule has 0 saturated carbocycles. The van der Waals surface area contributed by atoms with Gasteiger partial charge in [-0.1, -0.05) is 24.3 Å². The standard InChI is InChI=1S/C48H26N10O2/c1-2-28-18-22-54-32-7-11-34(12-8-32)58-26-50-36-14-16-38-40(46(36)58)52-48(60-38)56-24-20-30-4-3-29-19-23-55(43(29)44(30)56)47-51-39-37(59-47)15-13-35-45(39)57(25-49-35)33-9-5-31(6-10-33)53-21-17-27(1)41(53)42(28)54/h1-26H. The molecule has 18 rings (SSSR count). The summed E-state index contributed by atoms with van der Waals surface area (Å²) < 4.78 is 25.9. The molecule has 12 nitrogen and oxygen atoms in total. The second-order valence-corrected chi connectivity index (χ2v) is 15.4. The van der Waals surface area contributed by atoms with E-state index in [2.05, 4.69) is 128 Å². The average molecular weight is 775 g/mol. The lowest BCUT2D eigenvalue weighted by atomic mass is 10.2. The third-order valence-electron chi connectivity index (χ3n) is 12.3. The van der Waals surface area contributed by atoms with Crippen LogP contribution in [0.25, 0.3) is 123 Å². The fourth-order valence-electron chi connectivity index (χ4n) is 9.54. The lowest BCUT2D eigenvalue weighted by molar-refractivity contribution is 0.566. The molecule has 12 heteroatoms. The number of imidazole rings is 2. The van der Waals surface area contributed by atoms with Crippen LogP contribution in [0.3, 0.4) is 0 Å². The van der Waals surface area contributed by atoms with Crippen molar-refractivity contribution in [3.8, 4) is 34.8 Å². The van der Waals surface area contributed by atoms with Gasteiger partial charge in [0.1, 0.15) is 34.7 Å². The number of hydrogen-bond donors (Lipinski definition) is 0. The van der Waals surface area contributed by atoms with E-state index in [0.717, 1.165) is 99.5 Å². The highest BCUT2D eigenvalue weighted by Gasteiger charge is 2.22. The SMILES string of the molecule is c1cc2ccc1-n1cnc3ccc4oc(nc4c31)-n1ccc3ccc4ccn(c4c31)-c1nc3c(ccc4ncn(c43)-c3ccc(cc3)-n3ccc4ccc5ccn-2c5c43)o1. The molecule has 0 saturated heterocycles. The fraction of sp³-hybridized carbons (Fsp3) is 0. The van der Waals surface area contributed by atoms with Crippen molar-refractivity contribution in [2.45, 2.75) is 0 Å². The number of aromatic nitrogens is 10. The molecule has 8 bridgehead atoms. The molecule has 12 heterocycles. The molecule has 280 valence electrons.